The Labute approximate surface area is 177 Å². The average Bonchev–Trinajstić information content (AvgIpc) is 3.14. The minimum absolute atomic E-state index is 0.363. The third-order valence-electron chi connectivity index (χ3n) is 5.94. The van der Waals surface area contributed by atoms with E-state index in [-0.39, 0.29) is 0 Å². The first-order valence-electron chi connectivity index (χ1n) is 10.6. The summed E-state index contributed by atoms with van der Waals surface area (Å²) in [7, 11) is 0. The molecule has 0 radical (unpaired) electrons. The number of para-hydroxylation sites is 1. The predicted molar refractivity (Wildman–Crippen MR) is 120 cm³/mol. The lowest BCUT2D eigenvalue weighted by Gasteiger charge is -2.36. The molecule has 6 nitrogen and oxygen atoms in total. The molecule has 0 saturated carbocycles. The van der Waals surface area contributed by atoms with E-state index in [2.05, 4.69) is 46.0 Å². The van der Waals surface area contributed by atoms with Gasteiger partial charge in [0.25, 0.3) is 0 Å². The van der Waals surface area contributed by atoms with E-state index in [4.69, 9.17) is 9.84 Å². The third kappa shape index (κ3) is 4.76. The summed E-state index contributed by atoms with van der Waals surface area (Å²) in [6.07, 6.45) is 3.97. The van der Waals surface area contributed by atoms with Crippen LogP contribution in [0.15, 0.2) is 48.7 Å². The smallest absolute Gasteiger partial charge is 0.449 e. The zero-order valence-electron chi connectivity index (χ0n) is 17.4. The molecule has 2 N–H and O–H groups in total. The summed E-state index contributed by atoms with van der Waals surface area (Å²) in [5, 5.41) is 9.86. The molecule has 1 fully saturated rings. The number of aromatic amines is 1. The first kappa shape index (κ1) is 20.3. The first-order valence-corrected chi connectivity index (χ1v) is 10.6. The van der Waals surface area contributed by atoms with Crippen LogP contribution in [0.3, 0.4) is 0 Å². The van der Waals surface area contributed by atoms with Crippen LogP contribution in [0.4, 0.5) is 10.5 Å². The summed E-state index contributed by atoms with van der Waals surface area (Å²) in [6, 6.07) is 14.0. The molecule has 0 atom stereocenters. The minimum Gasteiger partial charge on any atom is -0.449 e. The molecule has 0 amide bonds. The molecular weight excluding hydrogens is 378 g/mol. The zero-order valence-corrected chi connectivity index (χ0v) is 17.4. The van der Waals surface area contributed by atoms with Crippen molar-refractivity contribution in [1.29, 1.82) is 0 Å². The topological polar surface area (TPSA) is 68.8 Å². The molecular formula is C24H29N3O3. The molecule has 0 spiro atoms. The van der Waals surface area contributed by atoms with Crippen LogP contribution in [0.25, 0.3) is 10.9 Å². The third-order valence-corrected chi connectivity index (χ3v) is 5.94. The Morgan fingerprint density at radius 1 is 1.10 bits per heavy atom. The van der Waals surface area contributed by atoms with E-state index in [0.29, 0.717) is 5.75 Å². The van der Waals surface area contributed by atoms with Crippen LogP contribution in [-0.2, 0) is 6.42 Å². The highest BCUT2D eigenvalue weighted by molar-refractivity contribution is 5.85. The van der Waals surface area contributed by atoms with Gasteiger partial charge in [0.15, 0.2) is 0 Å². The van der Waals surface area contributed by atoms with Crippen LogP contribution >= 0.6 is 0 Å². The number of hydrogen-bond donors (Lipinski definition) is 2. The van der Waals surface area contributed by atoms with E-state index in [1.165, 1.54) is 16.8 Å². The number of nitrogens with zero attached hydrogens (tertiary/aromatic N) is 2. The van der Waals surface area contributed by atoms with Gasteiger partial charge in [0.2, 0.25) is 0 Å². The molecule has 2 aromatic carbocycles. The molecule has 0 unspecified atom stereocenters. The first-order chi connectivity index (χ1) is 14.6. The van der Waals surface area contributed by atoms with Crippen LogP contribution in [0.2, 0.25) is 0 Å². The molecule has 158 valence electrons. The molecule has 2 heterocycles. The lowest BCUT2D eigenvalue weighted by Crippen LogP contribution is -2.46. The Bertz CT molecular complexity index is 1010. The number of aryl methyl sites for hydroxylation is 2. The second kappa shape index (κ2) is 9.22. The number of rotatable bonds is 7. The highest BCUT2D eigenvalue weighted by atomic mass is 16.7. The Kier molecular flexibility index (Phi) is 6.23. The number of piperazine rings is 1. The van der Waals surface area contributed by atoms with Crippen molar-refractivity contribution in [2.75, 3.05) is 37.6 Å². The van der Waals surface area contributed by atoms with Crippen molar-refractivity contribution < 1.29 is 14.6 Å². The summed E-state index contributed by atoms with van der Waals surface area (Å²) in [5.41, 5.74) is 4.93. The van der Waals surface area contributed by atoms with Gasteiger partial charge in [-0.1, -0.05) is 18.2 Å². The van der Waals surface area contributed by atoms with Gasteiger partial charge in [0.05, 0.1) is 0 Å². The largest absolute Gasteiger partial charge is 0.511 e. The SMILES string of the molecule is Cc1ccccc1N1CCN(CCCCc2c[nH]c3ccc(OC(=O)O)cc23)CC1. The second-order valence-corrected chi connectivity index (χ2v) is 7.96. The Balaban J connectivity index is 1.24. The highest BCUT2D eigenvalue weighted by Gasteiger charge is 2.17. The van der Waals surface area contributed by atoms with Gasteiger partial charge in [-0.3, -0.25) is 4.90 Å². The van der Waals surface area contributed by atoms with Crippen molar-refractivity contribution in [3.8, 4) is 5.75 Å². The number of aromatic nitrogens is 1. The van der Waals surface area contributed by atoms with Gasteiger partial charge in [-0.25, -0.2) is 4.79 Å². The minimum atomic E-state index is -1.28. The highest BCUT2D eigenvalue weighted by Crippen LogP contribution is 2.25. The monoisotopic (exact) mass is 407 g/mol. The van der Waals surface area contributed by atoms with E-state index in [1.54, 1.807) is 12.1 Å². The number of unbranched alkanes of at least 4 members (excludes halogenated alkanes) is 1. The molecule has 30 heavy (non-hydrogen) atoms. The van der Waals surface area contributed by atoms with Gasteiger partial charge >= 0.3 is 6.16 Å². The summed E-state index contributed by atoms with van der Waals surface area (Å²) in [4.78, 5) is 19.1. The van der Waals surface area contributed by atoms with Crippen LogP contribution in [0.1, 0.15) is 24.0 Å². The number of ether oxygens (including phenoxy) is 1. The molecule has 4 rings (SSSR count). The number of benzene rings is 2. The van der Waals surface area contributed by atoms with E-state index in [9.17, 15) is 4.79 Å². The van der Waals surface area contributed by atoms with Crippen LogP contribution in [0, 0.1) is 6.92 Å². The van der Waals surface area contributed by atoms with Crippen molar-refractivity contribution in [3.05, 3.63) is 59.8 Å². The zero-order chi connectivity index (χ0) is 20.9. The number of fused-ring (bicyclic) bond motifs is 1. The molecule has 6 heteroatoms. The van der Waals surface area contributed by atoms with E-state index < -0.39 is 6.16 Å². The molecule has 3 aromatic rings. The lowest BCUT2D eigenvalue weighted by atomic mass is 10.1. The maximum absolute atomic E-state index is 10.8. The normalized spacial score (nSPS) is 14.9. The van der Waals surface area contributed by atoms with Crippen LogP contribution in [0.5, 0.6) is 5.75 Å². The summed E-state index contributed by atoms with van der Waals surface area (Å²) >= 11 is 0. The van der Waals surface area contributed by atoms with Crippen molar-refractivity contribution in [2.45, 2.75) is 26.2 Å². The van der Waals surface area contributed by atoms with Gasteiger partial charge in [-0.2, -0.15) is 0 Å². The Morgan fingerprint density at radius 3 is 2.67 bits per heavy atom. The number of hydrogen-bond acceptors (Lipinski definition) is 4. The fourth-order valence-electron chi connectivity index (χ4n) is 4.31. The van der Waals surface area contributed by atoms with Gasteiger partial charge in [-0.15, -0.1) is 0 Å². The fourth-order valence-corrected chi connectivity index (χ4v) is 4.31. The van der Waals surface area contributed by atoms with Crippen molar-refractivity contribution in [2.24, 2.45) is 0 Å². The number of nitrogens with one attached hydrogen (secondary N) is 1. The summed E-state index contributed by atoms with van der Waals surface area (Å²) < 4.78 is 4.79. The van der Waals surface area contributed by atoms with Crippen LogP contribution in [-0.4, -0.2) is 53.9 Å². The second-order valence-electron chi connectivity index (χ2n) is 7.96. The van der Waals surface area contributed by atoms with Gasteiger partial charge < -0.3 is 19.7 Å². The van der Waals surface area contributed by atoms with Crippen LogP contribution < -0.4 is 9.64 Å². The maximum Gasteiger partial charge on any atom is 0.511 e. The maximum atomic E-state index is 10.8. The summed E-state index contributed by atoms with van der Waals surface area (Å²) in [5.74, 6) is 0.363. The fraction of sp³-hybridized carbons (Fsp3) is 0.375. The number of carboxylic acid groups (broad SMARTS) is 1. The molecule has 1 aliphatic rings. The van der Waals surface area contributed by atoms with Gasteiger partial charge in [-0.05, 0) is 68.1 Å². The lowest BCUT2D eigenvalue weighted by molar-refractivity contribution is 0.144. The summed E-state index contributed by atoms with van der Waals surface area (Å²) in [6.45, 7) is 7.69. The predicted octanol–water partition coefficient (Wildman–Crippen LogP) is 4.68. The molecule has 1 aliphatic heterocycles. The van der Waals surface area contributed by atoms with Gasteiger partial charge in [0, 0.05) is 49.0 Å². The molecule has 0 aliphatic carbocycles. The number of H-pyrrole nitrogens is 1. The molecule has 1 saturated heterocycles. The standard InChI is InChI=1S/C24H29N3O3/c1-18-6-2-3-8-23(18)27-14-12-26(13-15-27)11-5-4-7-19-17-25-22-10-9-20(16-21(19)22)30-24(28)29/h2-3,6,8-10,16-17,25H,4-5,7,11-15H2,1H3,(H,28,29). The van der Waals surface area contributed by atoms with E-state index >= 15 is 0 Å². The number of carbonyl (C=O) groups is 1. The molecule has 0 bridgehead atoms. The molecule has 1 aromatic heterocycles. The van der Waals surface area contributed by atoms with E-state index in [1.807, 2.05) is 12.3 Å². The van der Waals surface area contributed by atoms with E-state index in [0.717, 1.165) is 62.9 Å². The van der Waals surface area contributed by atoms with Crippen molar-refractivity contribution >= 4 is 22.7 Å². The quantitative estimate of drug-likeness (QED) is 0.338. The Hall–Kier alpha value is -2.99. The Morgan fingerprint density at radius 2 is 1.90 bits per heavy atom. The van der Waals surface area contributed by atoms with Crippen molar-refractivity contribution in [3.63, 3.8) is 0 Å². The average molecular weight is 408 g/mol. The van der Waals surface area contributed by atoms with Gasteiger partial charge in [0.1, 0.15) is 5.75 Å². The van der Waals surface area contributed by atoms with Crippen molar-refractivity contribution in [1.82, 2.24) is 9.88 Å². The number of anilines is 1.